The second-order valence-corrected chi connectivity index (χ2v) is 9.64. The molecule has 1 atom stereocenters. The smallest absolute Gasteiger partial charge is 0.242 e. The highest BCUT2D eigenvalue weighted by Crippen LogP contribution is 2.29. The van der Waals surface area contributed by atoms with E-state index < -0.39 is 11.6 Å². The van der Waals surface area contributed by atoms with Crippen molar-refractivity contribution in [2.24, 2.45) is 0 Å². The van der Waals surface area contributed by atoms with Crippen LogP contribution in [0.4, 0.5) is 0 Å². The Balaban J connectivity index is 2.26. The minimum atomic E-state index is -0.713. The number of nitrogens with one attached hydrogen (secondary N) is 1. The molecule has 33 heavy (non-hydrogen) atoms. The maximum Gasteiger partial charge on any atom is 0.242 e. The number of benzene rings is 2. The first-order chi connectivity index (χ1) is 15.5. The van der Waals surface area contributed by atoms with E-state index in [1.165, 1.54) is 4.90 Å². The van der Waals surface area contributed by atoms with Gasteiger partial charge in [0.2, 0.25) is 11.8 Å². The summed E-state index contributed by atoms with van der Waals surface area (Å²) >= 11 is 12.7. The molecule has 2 amide bonds. The van der Waals surface area contributed by atoms with E-state index in [2.05, 4.69) is 5.32 Å². The van der Waals surface area contributed by atoms with Crippen LogP contribution < -0.4 is 14.8 Å². The van der Waals surface area contributed by atoms with Crippen LogP contribution in [0.15, 0.2) is 36.4 Å². The fraction of sp³-hybridized carbons (Fsp3) is 0.440. The molecule has 1 unspecified atom stereocenters. The average Bonchev–Trinajstić information content (AvgIpc) is 2.75. The van der Waals surface area contributed by atoms with E-state index in [0.29, 0.717) is 33.5 Å². The molecule has 8 heteroatoms. The van der Waals surface area contributed by atoms with Crippen molar-refractivity contribution in [3.63, 3.8) is 0 Å². The van der Waals surface area contributed by atoms with E-state index in [0.717, 1.165) is 5.56 Å². The van der Waals surface area contributed by atoms with Gasteiger partial charge in [-0.3, -0.25) is 9.59 Å². The van der Waals surface area contributed by atoms with Crippen LogP contribution in [0.5, 0.6) is 11.5 Å². The van der Waals surface area contributed by atoms with Crippen molar-refractivity contribution >= 4 is 35.0 Å². The number of nitrogens with zero attached hydrogens (tertiary/aromatic N) is 1. The monoisotopic (exact) mass is 494 g/mol. The number of methoxy groups -OCH3 is 2. The number of amides is 2. The number of hydrogen-bond acceptors (Lipinski definition) is 4. The summed E-state index contributed by atoms with van der Waals surface area (Å²) in [5.74, 6) is 0.789. The minimum absolute atomic E-state index is 0.127. The van der Waals surface area contributed by atoms with Crippen LogP contribution >= 0.6 is 23.2 Å². The summed E-state index contributed by atoms with van der Waals surface area (Å²) in [4.78, 5) is 27.8. The van der Waals surface area contributed by atoms with E-state index in [9.17, 15) is 9.59 Å². The van der Waals surface area contributed by atoms with Gasteiger partial charge in [0.05, 0.1) is 14.2 Å². The van der Waals surface area contributed by atoms with Crippen LogP contribution in [0.25, 0.3) is 0 Å². The third-order valence-corrected chi connectivity index (χ3v) is 5.84. The van der Waals surface area contributed by atoms with E-state index >= 15 is 0 Å². The lowest BCUT2D eigenvalue weighted by Gasteiger charge is -2.32. The standard InChI is InChI=1S/C25H32Cl2N2O4/c1-16(24(31)28-25(2,3)4)29(15-18-19(26)8-7-9-20(18)27)23(30)13-11-17-10-12-21(32-5)22(14-17)33-6/h7-10,12,14,16H,11,13,15H2,1-6H3,(H,28,31). The van der Waals surface area contributed by atoms with Crippen LogP contribution in [-0.2, 0) is 22.6 Å². The van der Waals surface area contributed by atoms with E-state index in [1.807, 2.05) is 32.9 Å². The van der Waals surface area contributed by atoms with Gasteiger partial charge in [0.25, 0.3) is 0 Å². The lowest BCUT2D eigenvalue weighted by atomic mass is 10.1. The first-order valence-electron chi connectivity index (χ1n) is 10.7. The van der Waals surface area contributed by atoms with Crippen LogP contribution in [0, 0.1) is 0 Å². The number of aryl methyl sites for hydroxylation is 1. The van der Waals surface area contributed by atoms with Gasteiger partial charge < -0.3 is 19.7 Å². The Morgan fingerprint density at radius 1 is 1.03 bits per heavy atom. The molecule has 0 heterocycles. The van der Waals surface area contributed by atoms with E-state index in [-0.39, 0.29) is 24.8 Å². The molecule has 180 valence electrons. The van der Waals surface area contributed by atoms with Crippen LogP contribution in [0.1, 0.15) is 45.2 Å². The molecule has 2 rings (SSSR count). The van der Waals surface area contributed by atoms with Crippen LogP contribution in [0.3, 0.4) is 0 Å². The van der Waals surface area contributed by atoms with Gasteiger partial charge in [-0.15, -0.1) is 0 Å². The largest absolute Gasteiger partial charge is 0.493 e. The summed E-state index contributed by atoms with van der Waals surface area (Å²) in [6, 6.07) is 10.0. The van der Waals surface area contributed by atoms with Gasteiger partial charge in [0.15, 0.2) is 11.5 Å². The van der Waals surface area contributed by atoms with Gasteiger partial charge in [-0.2, -0.15) is 0 Å². The second kappa shape index (κ2) is 11.6. The molecule has 0 bridgehead atoms. The van der Waals surface area contributed by atoms with E-state index in [4.69, 9.17) is 32.7 Å². The molecular weight excluding hydrogens is 463 g/mol. The Hall–Kier alpha value is -2.44. The number of halogens is 2. The van der Waals surface area contributed by atoms with Gasteiger partial charge in [-0.05, 0) is 63.9 Å². The third-order valence-electron chi connectivity index (χ3n) is 5.13. The van der Waals surface area contributed by atoms with Crippen molar-refractivity contribution in [2.75, 3.05) is 14.2 Å². The molecule has 6 nitrogen and oxygen atoms in total. The fourth-order valence-corrected chi connectivity index (χ4v) is 3.86. The van der Waals surface area contributed by atoms with Crippen molar-refractivity contribution in [3.8, 4) is 11.5 Å². The molecule has 0 aliphatic rings. The minimum Gasteiger partial charge on any atom is -0.493 e. The Kier molecular flexibility index (Phi) is 9.44. The van der Waals surface area contributed by atoms with Crippen molar-refractivity contribution in [1.29, 1.82) is 0 Å². The Morgan fingerprint density at radius 2 is 1.64 bits per heavy atom. The molecule has 0 spiro atoms. The molecule has 0 aromatic heterocycles. The predicted molar refractivity (Wildman–Crippen MR) is 132 cm³/mol. The molecular formula is C25H32Cl2N2O4. The Morgan fingerprint density at radius 3 is 2.18 bits per heavy atom. The molecule has 0 fully saturated rings. The lowest BCUT2D eigenvalue weighted by Crippen LogP contribution is -2.52. The van der Waals surface area contributed by atoms with Crippen molar-refractivity contribution in [1.82, 2.24) is 10.2 Å². The van der Waals surface area contributed by atoms with E-state index in [1.54, 1.807) is 45.4 Å². The van der Waals surface area contributed by atoms with Gasteiger partial charge in [-0.25, -0.2) is 0 Å². The third kappa shape index (κ3) is 7.54. The first-order valence-corrected chi connectivity index (χ1v) is 11.5. The zero-order valence-corrected chi connectivity index (χ0v) is 21.5. The number of ether oxygens (including phenoxy) is 2. The van der Waals surface area contributed by atoms with Gasteiger partial charge in [0.1, 0.15) is 6.04 Å². The fourth-order valence-electron chi connectivity index (χ4n) is 3.34. The highest BCUT2D eigenvalue weighted by Gasteiger charge is 2.29. The Labute approximate surface area is 206 Å². The first kappa shape index (κ1) is 26.8. The average molecular weight is 495 g/mol. The summed E-state index contributed by atoms with van der Waals surface area (Å²) in [6.45, 7) is 7.52. The molecule has 0 aliphatic carbocycles. The quantitative estimate of drug-likeness (QED) is 0.515. The van der Waals surface area contributed by atoms with Crippen molar-refractivity contribution < 1.29 is 19.1 Å². The highest BCUT2D eigenvalue weighted by atomic mass is 35.5. The zero-order chi connectivity index (χ0) is 24.8. The molecule has 2 aromatic carbocycles. The van der Waals surface area contributed by atoms with Gasteiger partial charge in [0, 0.05) is 34.1 Å². The van der Waals surface area contributed by atoms with Gasteiger partial charge >= 0.3 is 0 Å². The molecule has 2 aromatic rings. The zero-order valence-electron chi connectivity index (χ0n) is 20.0. The predicted octanol–water partition coefficient (Wildman–Crippen LogP) is 5.28. The highest BCUT2D eigenvalue weighted by molar-refractivity contribution is 6.36. The SMILES string of the molecule is COc1ccc(CCC(=O)N(Cc2c(Cl)cccc2Cl)C(C)C(=O)NC(C)(C)C)cc1OC. The van der Waals surface area contributed by atoms with Gasteiger partial charge in [-0.1, -0.05) is 35.3 Å². The summed E-state index contributed by atoms with van der Waals surface area (Å²) in [5, 5.41) is 3.84. The number of carbonyl (C=O) groups excluding carboxylic acids is 2. The number of hydrogen-bond donors (Lipinski definition) is 1. The van der Waals surface area contributed by atoms with Crippen LogP contribution in [-0.4, -0.2) is 42.5 Å². The van der Waals surface area contributed by atoms with Crippen LogP contribution in [0.2, 0.25) is 10.0 Å². The number of carbonyl (C=O) groups is 2. The van der Waals surface area contributed by atoms with Crippen molar-refractivity contribution in [3.05, 3.63) is 57.6 Å². The maximum absolute atomic E-state index is 13.3. The normalized spacial score (nSPS) is 12.1. The lowest BCUT2D eigenvalue weighted by molar-refractivity contribution is -0.141. The second-order valence-electron chi connectivity index (χ2n) is 8.83. The Bertz CT molecular complexity index is 969. The topological polar surface area (TPSA) is 67.9 Å². The molecule has 0 saturated heterocycles. The maximum atomic E-state index is 13.3. The summed E-state index contributed by atoms with van der Waals surface area (Å²) < 4.78 is 10.6. The van der Waals surface area contributed by atoms with Crippen molar-refractivity contribution in [2.45, 2.75) is 58.7 Å². The summed E-state index contributed by atoms with van der Waals surface area (Å²) in [6.07, 6.45) is 0.671. The molecule has 0 radical (unpaired) electrons. The summed E-state index contributed by atoms with van der Waals surface area (Å²) in [7, 11) is 3.14. The molecule has 0 aliphatic heterocycles. The molecule has 0 saturated carbocycles. The molecule has 1 N–H and O–H groups in total. The summed E-state index contributed by atoms with van der Waals surface area (Å²) in [5.41, 5.74) is 1.10. The number of rotatable bonds is 9.